The predicted octanol–water partition coefficient (Wildman–Crippen LogP) is -0.0846. The van der Waals surface area contributed by atoms with Crippen molar-refractivity contribution < 1.29 is 19.1 Å². The first kappa shape index (κ1) is 9.18. The van der Waals surface area contributed by atoms with Crippen LogP contribution in [0.3, 0.4) is 0 Å². The topological polar surface area (TPSA) is 64.6 Å². The number of rotatable bonds is 2. The highest BCUT2D eigenvalue weighted by Gasteiger charge is 2.28. The van der Waals surface area contributed by atoms with Gasteiger partial charge in [0.25, 0.3) is 5.91 Å². The van der Waals surface area contributed by atoms with Crippen LogP contribution in [0.5, 0.6) is 0 Å². The molecular formula is C6H9NO4S. The van der Waals surface area contributed by atoms with Gasteiger partial charge in [-0.2, -0.15) is 0 Å². The van der Waals surface area contributed by atoms with Crippen LogP contribution in [0.25, 0.3) is 0 Å². The number of nitrogens with one attached hydrogen (secondary N) is 1. The zero-order chi connectivity index (χ0) is 8.97. The summed E-state index contributed by atoms with van der Waals surface area (Å²) in [4.78, 5) is 21.5. The van der Waals surface area contributed by atoms with Gasteiger partial charge in [-0.15, -0.1) is 12.6 Å². The van der Waals surface area contributed by atoms with Gasteiger partial charge in [0.1, 0.15) is 5.94 Å². The van der Waals surface area contributed by atoms with Crippen LogP contribution < -0.4 is 5.32 Å². The van der Waals surface area contributed by atoms with Crippen LogP contribution in [0.15, 0.2) is 0 Å². The second-order valence-corrected chi connectivity index (χ2v) is 2.47. The lowest BCUT2D eigenvalue weighted by molar-refractivity contribution is -0.127. The van der Waals surface area contributed by atoms with Gasteiger partial charge < -0.3 is 14.8 Å². The van der Waals surface area contributed by atoms with Crippen LogP contribution in [-0.2, 0) is 14.3 Å². The van der Waals surface area contributed by atoms with E-state index in [1.165, 1.54) is 0 Å². The van der Waals surface area contributed by atoms with Gasteiger partial charge in [0.05, 0.1) is 0 Å². The number of hydrogen-bond acceptors (Lipinski definition) is 5. The summed E-state index contributed by atoms with van der Waals surface area (Å²) in [6, 6.07) is 0. The third-order valence-corrected chi connectivity index (χ3v) is 1.55. The van der Waals surface area contributed by atoms with Gasteiger partial charge in [-0.3, -0.25) is 4.79 Å². The Bertz CT molecular complexity index is 196. The molecule has 0 aromatic carbocycles. The summed E-state index contributed by atoms with van der Waals surface area (Å²) in [7, 11) is 0. The Labute approximate surface area is 74.8 Å². The highest BCUT2D eigenvalue weighted by atomic mass is 32.1. The fraction of sp³-hybridized carbons (Fsp3) is 0.667. The maximum atomic E-state index is 10.9. The van der Waals surface area contributed by atoms with Crippen molar-refractivity contribution in [3.63, 3.8) is 0 Å². The Hall–Kier alpha value is -0.910. The molecule has 1 saturated heterocycles. The van der Waals surface area contributed by atoms with Gasteiger partial charge in [0.2, 0.25) is 0 Å². The molecule has 1 aliphatic heterocycles. The second-order valence-electron chi connectivity index (χ2n) is 2.21. The quantitative estimate of drug-likeness (QED) is 0.364. The van der Waals surface area contributed by atoms with Crippen LogP contribution in [-0.4, -0.2) is 30.7 Å². The number of ether oxygens (including phenoxy) is 2. The molecular weight excluding hydrogens is 182 g/mol. The molecule has 1 N–H and O–H groups in total. The third-order valence-electron chi connectivity index (χ3n) is 1.42. The first-order valence-corrected chi connectivity index (χ1v) is 4.09. The second kappa shape index (κ2) is 4.20. The minimum atomic E-state index is -0.855. The van der Waals surface area contributed by atoms with Crippen LogP contribution in [0, 0.1) is 0 Å². The van der Waals surface area contributed by atoms with E-state index in [1.807, 2.05) is 0 Å². The average Bonchev–Trinajstić information content (AvgIpc) is 2.37. The van der Waals surface area contributed by atoms with E-state index in [0.29, 0.717) is 13.0 Å². The molecule has 0 aromatic heterocycles. The molecule has 1 atom stereocenters. The molecule has 0 aromatic rings. The lowest BCUT2D eigenvalue weighted by Gasteiger charge is -2.07. The van der Waals surface area contributed by atoms with Crippen molar-refractivity contribution in [1.29, 1.82) is 0 Å². The molecule has 6 heteroatoms. The van der Waals surface area contributed by atoms with E-state index in [9.17, 15) is 9.59 Å². The summed E-state index contributed by atoms with van der Waals surface area (Å²) in [5.41, 5.74) is 0. The van der Waals surface area contributed by atoms with Crippen LogP contribution in [0.1, 0.15) is 6.42 Å². The Morgan fingerprint density at radius 1 is 1.75 bits per heavy atom. The smallest absolute Gasteiger partial charge is 0.423 e. The minimum absolute atomic E-state index is 0.0484. The highest BCUT2D eigenvalue weighted by Crippen LogP contribution is 2.05. The van der Waals surface area contributed by atoms with Crippen molar-refractivity contribution in [2.75, 3.05) is 12.5 Å². The summed E-state index contributed by atoms with van der Waals surface area (Å²) in [5.74, 6) is -0.321. The fourth-order valence-corrected chi connectivity index (χ4v) is 0.992. The molecule has 1 unspecified atom stereocenters. The van der Waals surface area contributed by atoms with Crippen molar-refractivity contribution in [2.45, 2.75) is 12.5 Å². The minimum Gasteiger partial charge on any atom is -0.423 e. The van der Waals surface area contributed by atoms with Gasteiger partial charge in [-0.25, -0.2) is 4.79 Å². The highest BCUT2D eigenvalue weighted by molar-refractivity contribution is 7.80. The summed E-state index contributed by atoms with van der Waals surface area (Å²) in [6.45, 7) is 0.539. The van der Waals surface area contributed by atoms with E-state index in [-0.39, 0.29) is 11.8 Å². The lowest BCUT2D eigenvalue weighted by Crippen LogP contribution is -2.27. The maximum absolute atomic E-state index is 10.9. The van der Waals surface area contributed by atoms with E-state index >= 15 is 0 Å². The van der Waals surface area contributed by atoms with Crippen molar-refractivity contribution in [2.24, 2.45) is 0 Å². The third kappa shape index (κ3) is 2.30. The molecule has 1 amide bonds. The summed E-state index contributed by atoms with van der Waals surface area (Å²) in [6.07, 6.45) is -1.05. The molecule has 0 spiro atoms. The molecule has 68 valence electrons. The average molecular weight is 191 g/mol. The number of carbonyl (C=O) groups excluding carboxylic acids is 2. The summed E-state index contributed by atoms with van der Waals surface area (Å²) in [5, 5.41) is 2.53. The molecule has 12 heavy (non-hydrogen) atoms. The van der Waals surface area contributed by atoms with Crippen LogP contribution in [0.4, 0.5) is 4.79 Å². The molecule has 0 bridgehead atoms. The maximum Gasteiger partial charge on any atom is 0.509 e. The Morgan fingerprint density at radius 2 is 2.50 bits per heavy atom. The Kier molecular flexibility index (Phi) is 3.21. The van der Waals surface area contributed by atoms with Crippen molar-refractivity contribution in [1.82, 2.24) is 5.32 Å². The standard InChI is InChI=1S/C6H9NO4S/c8-5-4(1-2-7-5)11-6(9)10-3-12/h4,12H,1-3H2,(H,7,8). The van der Waals surface area contributed by atoms with E-state index < -0.39 is 12.3 Å². The lowest BCUT2D eigenvalue weighted by atomic mass is 10.3. The van der Waals surface area contributed by atoms with E-state index in [2.05, 4.69) is 27.4 Å². The fourth-order valence-electron chi connectivity index (χ4n) is 0.887. The van der Waals surface area contributed by atoms with Crippen molar-refractivity contribution in [3.8, 4) is 0 Å². The van der Waals surface area contributed by atoms with Gasteiger partial charge in [0.15, 0.2) is 6.10 Å². The van der Waals surface area contributed by atoms with Gasteiger partial charge in [0, 0.05) is 13.0 Å². The Morgan fingerprint density at radius 3 is 3.00 bits per heavy atom. The number of amides is 1. The molecule has 0 radical (unpaired) electrons. The number of hydrogen-bond donors (Lipinski definition) is 2. The van der Waals surface area contributed by atoms with E-state index in [4.69, 9.17) is 0 Å². The van der Waals surface area contributed by atoms with Crippen molar-refractivity contribution >= 4 is 24.7 Å². The molecule has 5 nitrogen and oxygen atoms in total. The molecule has 0 saturated carbocycles. The zero-order valence-corrected chi connectivity index (χ0v) is 7.17. The number of thiol groups is 1. The summed E-state index contributed by atoms with van der Waals surface area (Å²) >= 11 is 3.66. The first-order chi connectivity index (χ1) is 5.74. The Balaban J connectivity index is 2.30. The van der Waals surface area contributed by atoms with Crippen LogP contribution >= 0.6 is 12.6 Å². The predicted molar refractivity (Wildman–Crippen MR) is 42.8 cm³/mol. The largest absolute Gasteiger partial charge is 0.509 e. The number of carbonyl (C=O) groups is 2. The molecule has 1 aliphatic rings. The molecule has 1 rings (SSSR count). The SMILES string of the molecule is O=C(OCS)OC1CCNC1=O. The first-order valence-electron chi connectivity index (χ1n) is 3.46. The van der Waals surface area contributed by atoms with E-state index in [1.54, 1.807) is 0 Å². The zero-order valence-electron chi connectivity index (χ0n) is 6.28. The summed E-state index contributed by atoms with van der Waals surface area (Å²) < 4.78 is 9.02. The molecule has 1 heterocycles. The van der Waals surface area contributed by atoms with Crippen molar-refractivity contribution in [3.05, 3.63) is 0 Å². The van der Waals surface area contributed by atoms with Crippen LogP contribution in [0.2, 0.25) is 0 Å². The van der Waals surface area contributed by atoms with Gasteiger partial charge >= 0.3 is 6.16 Å². The normalized spacial score (nSPS) is 21.8. The molecule has 1 fully saturated rings. The van der Waals surface area contributed by atoms with E-state index in [0.717, 1.165) is 0 Å². The van der Waals surface area contributed by atoms with Gasteiger partial charge in [-0.1, -0.05) is 0 Å². The molecule has 0 aliphatic carbocycles. The van der Waals surface area contributed by atoms with Gasteiger partial charge in [-0.05, 0) is 0 Å². The monoisotopic (exact) mass is 191 g/mol.